The van der Waals surface area contributed by atoms with E-state index in [4.69, 9.17) is 0 Å². The fourth-order valence-electron chi connectivity index (χ4n) is 5.63. The van der Waals surface area contributed by atoms with E-state index in [0.29, 0.717) is 17.1 Å². The van der Waals surface area contributed by atoms with Crippen LogP contribution < -0.4 is 0 Å². The quantitative estimate of drug-likeness (QED) is 0.566. The number of ketones is 1. The van der Waals surface area contributed by atoms with E-state index in [1.807, 2.05) is 0 Å². The van der Waals surface area contributed by atoms with Crippen LogP contribution in [-0.2, 0) is 4.79 Å². The van der Waals surface area contributed by atoms with Gasteiger partial charge in [0.1, 0.15) is 5.78 Å². The Morgan fingerprint density at radius 1 is 1.11 bits per heavy atom. The van der Waals surface area contributed by atoms with Crippen molar-refractivity contribution in [1.29, 1.82) is 0 Å². The molecule has 0 N–H and O–H groups in total. The highest BCUT2D eigenvalue weighted by Crippen LogP contribution is 2.65. The predicted molar refractivity (Wildman–Crippen MR) is 78.9 cm³/mol. The molecule has 106 valence electrons. The van der Waals surface area contributed by atoms with Crippen molar-refractivity contribution in [3.63, 3.8) is 0 Å². The highest BCUT2D eigenvalue weighted by atomic mass is 16.1. The number of Topliss-reactive ketones (excluding diaryl/α,β-unsaturated/α-hetero) is 1. The summed E-state index contributed by atoms with van der Waals surface area (Å²) in [5, 5.41) is 0. The maximum absolute atomic E-state index is 12.3. The predicted octanol–water partition coefficient (Wildman–Crippen LogP) is 4.91. The first-order chi connectivity index (χ1) is 8.81. The van der Waals surface area contributed by atoms with Crippen LogP contribution in [0.1, 0.15) is 72.6 Å². The van der Waals surface area contributed by atoms with E-state index >= 15 is 0 Å². The van der Waals surface area contributed by atoms with Gasteiger partial charge in [-0.25, -0.2) is 0 Å². The van der Waals surface area contributed by atoms with Crippen LogP contribution in [0.3, 0.4) is 0 Å². The number of carbonyl (C=O) groups is 1. The normalized spacial score (nSPS) is 45.2. The Kier molecular flexibility index (Phi) is 2.79. The first-order valence-corrected chi connectivity index (χ1v) is 8.05. The summed E-state index contributed by atoms with van der Waals surface area (Å²) in [6.45, 7) is 9.33. The van der Waals surface area contributed by atoms with Gasteiger partial charge < -0.3 is 0 Å². The second kappa shape index (κ2) is 3.96. The fourth-order valence-corrected chi connectivity index (χ4v) is 5.63. The molecule has 0 heterocycles. The Hall–Kier alpha value is -0.590. The van der Waals surface area contributed by atoms with Gasteiger partial charge in [-0.05, 0) is 55.3 Å². The second-order valence-electron chi connectivity index (χ2n) is 8.22. The average Bonchev–Trinajstić information content (AvgIpc) is 2.34. The summed E-state index contributed by atoms with van der Waals surface area (Å²) in [5.74, 6) is 1.05. The molecule has 3 rings (SSSR count). The smallest absolute Gasteiger partial charge is 0.138 e. The molecule has 0 aromatic rings. The standard InChI is InChI=1S/C18H28O/c1-16(2)13-8-11-17(3)10-6-5-7-14(17)18(13,4)12-9-15(16)19/h7,13H,5-6,8-12H2,1-4H3. The van der Waals surface area contributed by atoms with Gasteiger partial charge in [-0.15, -0.1) is 0 Å². The molecule has 2 fully saturated rings. The molecule has 0 aliphatic heterocycles. The molecule has 2 saturated carbocycles. The van der Waals surface area contributed by atoms with Gasteiger partial charge in [0.15, 0.2) is 0 Å². The molecule has 3 aliphatic carbocycles. The van der Waals surface area contributed by atoms with Gasteiger partial charge in [0.05, 0.1) is 0 Å². The second-order valence-corrected chi connectivity index (χ2v) is 8.22. The molecule has 3 unspecified atom stereocenters. The van der Waals surface area contributed by atoms with Crippen LogP contribution in [0.25, 0.3) is 0 Å². The maximum atomic E-state index is 12.3. The van der Waals surface area contributed by atoms with Crippen LogP contribution in [0.2, 0.25) is 0 Å². The highest BCUT2D eigenvalue weighted by molar-refractivity contribution is 5.85. The van der Waals surface area contributed by atoms with E-state index in [2.05, 4.69) is 33.8 Å². The molecule has 3 aliphatic rings. The summed E-state index contributed by atoms with van der Waals surface area (Å²) in [6, 6.07) is 0. The lowest BCUT2D eigenvalue weighted by Crippen LogP contribution is -2.54. The SMILES string of the molecule is CC12CCCC=C1C1(C)CCC(=O)C(C)(C)C1CC2. The van der Waals surface area contributed by atoms with Gasteiger partial charge in [0, 0.05) is 11.8 Å². The van der Waals surface area contributed by atoms with Gasteiger partial charge in [0.2, 0.25) is 0 Å². The molecule has 0 radical (unpaired) electrons. The van der Waals surface area contributed by atoms with Crippen LogP contribution in [0.15, 0.2) is 11.6 Å². The van der Waals surface area contributed by atoms with Crippen molar-refractivity contribution < 1.29 is 4.79 Å². The molecule has 0 spiro atoms. The minimum Gasteiger partial charge on any atom is -0.299 e. The first kappa shape index (κ1) is 13.4. The number of carbonyl (C=O) groups excluding carboxylic acids is 1. The van der Waals surface area contributed by atoms with E-state index in [1.54, 1.807) is 5.57 Å². The van der Waals surface area contributed by atoms with Gasteiger partial charge in [-0.2, -0.15) is 0 Å². The topological polar surface area (TPSA) is 17.1 Å². The van der Waals surface area contributed by atoms with Crippen molar-refractivity contribution in [2.45, 2.75) is 72.6 Å². The summed E-state index contributed by atoms with van der Waals surface area (Å²) in [4.78, 5) is 12.3. The number of rotatable bonds is 0. The van der Waals surface area contributed by atoms with Crippen LogP contribution in [0.4, 0.5) is 0 Å². The third kappa shape index (κ3) is 1.69. The van der Waals surface area contributed by atoms with Gasteiger partial charge >= 0.3 is 0 Å². The Balaban J connectivity index is 2.07. The Morgan fingerprint density at radius 2 is 1.84 bits per heavy atom. The molecule has 3 atom stereocenters. The minimum atomic E-state index is -0.118. The number of hydrogen-bond donors (Lipinski definition) is 0. The molecule has 0 saturated heterocycles. The fraction of sp³-hybridized carbons (Fsp3) is 0.833. The number of hydrogen-bond acceptors (Lipinski definition) is 1. The third-order valence-electron chi connectivity index (χ3n) is 6.76. The lowest BCUT2D eigenvalue weighted by Gasteiger charge is -2.60. The molecular formula is C18H28O. The Labute approximate surface area is 117 Å². The Bertz CT molecular complexity index is 445. The molecular weight excluding hydrogens is 232 g/mol. The van der Waals surface area contributed by atoms with Crippen LogP contribution >= 0.6 is 0 Å². The highest BCUT2D eigenvalue weighted by Gasteiger charge is 2.57. The zero-order valence-electron chi connectivity index (χ0n) is 13.0. The van der Waals surface area contributed by atoms with Gasteiger partial charge in [-0.3, -0.25) is 4.79 Å². The maximum Gasteiger partial charge on any atom is 0.138 e. The lowest BCUT2D eigenvalue weighted by atomic mass is 9.44. The molecule has 19 heavy (non-hydrogen) atoms. The van der Waals surface area contributed by atoms with Gasteiger partial charge in [-0.1, -0.05) is 39.3 Å². The van der Waals surface area contributed by atoms with Crippen molar-refractivity contribution >= 4 is 5.78 Å². The monoisotopic (exact) mass is 260 g/mol. The molecule has 1 heteroatoms. The van der Waals surface area contributed by atoms with E-state index in [1.165, 1.54) is 32.1 Å². The van der Waals surface area contributed by atoms with E-state index < -0.39 is 0 Å². The zero-order valence-corrected chi connectivity index (χ0v) is 13.0. The van der Waals surface area contributed by atoms with Crippen molar-refractivity contribution in [3.05, 3.63) is 11.6 Å². The molecule has 0 aromatic heterocycles. The van der Waals surface area contributed by atoms with E-state index in [9.17, 15) is 4.79 Å². The van der Waals surface area contributed by atoms with Crippen LogP contribution in [-0.4, -0.2) is 5.78 Å². The first-order valence-electron chi connectivity index (χ1n) is 8.05. The summed E-state index contributed by atoms with van der Waals surface area (Å²) in [5.41, 5.74) is 2.31. The molecule has 0 aromatic carbocycles. The molecule has 0 bridgehead atoms. The molecule has 1 nitrogen and oxygen atoms in total. The summed E-state index contributed by atoms with van der Waals surface area (Å²) >= 11 is 0. The largest absolute Gasteiger partial charge is 0.299 e. The van der Waals surface area contributed by atoms with Gasteiger partial charge in [0.25, 0.3) is 0 Å². The number of fused-ring (bicyclic) bond motifs is 3. The van der Waals surface area contributed by atoms with Crippen LogP contribution in [0.5, 0.6) is 0 Å². The van der Waals surface area contributed by atoms with E-state index in [0.717, 1.165) is 12.8 Å². The minimum absolute atomic E-state index is 0.118. The van der Waals surface area contributed by atoms with Crippen molar-refractivity contribution in [1.82, 2.24) is 0 Å². The third-order valence-corrected chi connectivity index (χ3v) is 6.76. The lowest BCUT2D eigenvalue weighted by molar-refractivity contribution is -0.141. The number of allylic oxidation sites excluding steroid dienone is 2. The molecule has 0 amide bonds. The zero-order chi connectivity index (χ0) is 13.9. The average molecular weight is 260 g/mol. The van der Waals surface area contributed by atoms with E-state index in [-0.39, 0.29) is 10.8 Å². The summed E-state index contributed by atoms with van der Waals surface area (Å²) in [7, 11) is 0. The van der Waals surface area contributed by atoms with Crippen LogP contribution in [0, 0.1) is 22.2 Å². The van der Waals surface area contributed by atoms with Crippen molar-refractivity contribution in [2.75, 3.05) is 0 Å². The summed E-state index contributed by atoms with van der Waals surface area (Å²) in [6.07, 6.45) is 10.9. The Morgan fingerprint density at radius 3 is 2.58 bits per heavy atom. The van der Waals surface area contributed by atoms with Crippen molar-refractivity contribution in [3.8, 4) is 0 Å². The summed E-state index contributed by atoms with van der Waals surface area (Å²) < 4.78 is 0. The van der Waals surface area contributed by atoms with Crippen molar-refractivity contribution in [2.24, 2.45) is 22.2 Å².